The summed E-state index contributed by atoms with van der Waals surface area (Å²) in [5, 5.41) is 1.22. The van der Waals surface area contributed by atoms with Gasteiger partial charge in [-0.05, 0) is 85.9 Å². The minimum absolute atomic E-state index is 0.0448. The van der Waals surface area contributed by atoms with E-state index in [1.807, 2.05) is 24.1 Å². The first kappa shape index (κ1) is 28.1. The molecule has 0 bridgehead atoms. The molecule has 2 aliphatic carbocycles. The number of aromatic nitrogens is 3. The second kappa shape index (κ2) is 10.9. The van der Waals surface area contributed by atoms with Crippen molar-refractivity contribution in [3.8, 4) is 17.3 Å². The van der Waals surface area contributed by atoms with Crippen molar-refractivity contribution in [2.75, 3.05) is 20.2 Å². The van der Waals surface area contributed by atoms with Crippen LogP contribution in [-0.4, -0.2) is 51.2 Å². The third-order valence-electron chi connectivity index (χ3n) is 10.6. The van der Waals surface area contributed by atoms with Gasteiger partial charge in [0.25, 0.3) is 5.91 Å². The Morgan fingerprint density at radius 1 is 1.09 bits per heavy atom. The molecule has 3 aliphatic rings. The molecular formula is C38H41N5O2. The van der Waals surface area contributed by atoms with E-state index in [1.54, 1.807) is 7.11 Å². The number of piperidine rings is 1. The van der Waals surface area contributed by atoms with E-state index in [0.717, 1.165) is 61.3 Å². The zero-order chi connectivity index (χ0) is 30.7. The lowest BCUT2D eigenvalue weighted by Crippen LogP contribution is -2.74. The smallest absolute Gasteiger partial charge is 0.254 e. The predicted molar refractivity (Wildman–Crippen MR) is 180 cm³/mol. The molecule has 2 N–H and O–H groups in total. The lowest BCUT2D eigenvalue weighted by atomic mass is 9.57. The average molecular weight is 600 g/mol. The predicted octanol–water partition coefficient (Wildman–Crippen LogP) is 6.82. The molecule has 2 saturated carbocycles. The van der Waals surface area contributed by atoms with E-state index < -0.39 is 0 Å². The van der Waals surface area contributed by atoms with E-state index in [2.05, 4.69) is 75.9 Å². The van der Waals surface area contributed by atoms with Gasteiger partial charge in [-0.1, -0.05) is 48.6 Å². The molecule has 45 heavy (non-hydrogen) atoms. The number of nitrogens with two attached hydrogens (primary N) is 1. The number of rotatable bonds is 10. The Morgan fingerprint density at radius 3 is 2.64 bits per heavy atom. The number of nitrogens with zero attached hydrogens (tertiary/aromatic N) is 4. The summed E-state index contributed by atoms with van der Waals surface area (Å²) in [6, 6.07) is 23.8. The molecule has 2 aromatic heterocycles. The Labute approximate surface area is 264 Å². The molecule has 2 atom stereocenters. The molecule has 3 aromatic carbocycles. The summed E-state index contributed by atoms with van der Waals surface area (Å²) in [4.78, 5) is 20.8. The number of hydrogen-bond acceptors (Lipinski definition) is 4. The van der Waals surface area contributed by atoms with E-state index in [-0.39, 0.29) is 17.4 Å². The van der Waals surface area contributed by atoms with Gasteiger partial charge in [0.15, 0.2) is 5.82 Å². The highest BCUT2D eigenvalue weighted by Gasteiger charge is 2.59. The average Bonchev–Trinajstić information content (AvgIpc) is 3.73. The summed E-state index contributed by atoms with van der Waals surface area (Å²) in [5.74, 6) is 2.30. The largest absolute Gasteiger partial charge is 0.494 e. The van der Waals surface area contributed by atoms with Crippen LogP contribution in [0.5, 0.6) is 5.75 Å². The highest BCUT2D eigenvalue weighted by molar-refractivity contribution is 6.01. The Kier molecular flexibility index (Phi) is 6.82. The van der Waals surface area contributed by atoms with Gasteiger partial charge in [-0.3, -0.25) is 4.79 Å². The quantitative estimate of drug-likeness (QED) is 0.191. The maximum absolute atomic E-state index is 13.6. The maximum Gasteiger partial charge on any atom is 0.254 e. The van der Waals surface area contributed by atoms with E-state index in [1.165, 1.54) is 34.9 Å². The van der Waals surface area contributed by atoms with Gasteiger partial charge < -0.3 is 24.5 Å². The first-order valence-electron chi connectivity index (χ1n) is 16.4. The molecule has 8 rings (SSSR count). The lowest BCUT2D eigenvalue weighted by Gasteiger charge is -2.64. The van der Waals surface area contributed by atoms with Gasteiger partial charge in [0.05, 0.1) is 18.3 Å². The van der Waals surface area contributed by atoms with Gasteiger partial charge >= 0.3 is 0 Å². The number of hydrogen-bond donors (Lipinski definition) is 1. The SMILES string of the molecule is COc1cc(C(=O)N2C[C@@]3(CN)CCC23)cc2nc(-c3cc4cc(/C=C/CCc5ccccc5)ccc4n3CC3CC3)n(C)c12. The summed E-state index contributed by atoms with van der Waals surface area (Å²) in [7, 11) is 3.72. The van der Waals surface area contributed by atoms with Crippen molar-refractivity contribution in [2.24, 2.45) is 24.1 Å². The van der Waals surface area contributed by atoms with Gasteiger partial charge in [-0.15, -0.1) is 0 Å². The van der Waals surface area contributed by atoms with Crippen molar-refractivity contribution in [2.45, 2.75) is 51.1 Å². The number of carbonyl (C=O) groups excluding carboxylic acids is 1. The van der Waals surface area contributed by atoms with Crippen LogP contribution in [0.3, 0.4) is 0 Å². The van der Waals surface area contributed by atoms with Gasteiger partial charge in [-0.25, -0.2) is 4.98 Å². The summed E-state index contributed by atoms with van der Waals surface area (Å²) in [6.45, 7) is 2.37. The number of ether oxygens (including phenoxy) is 1. The van der Waals surface area contributed by atoms with Gasteiger partial charge in [0.1, 0.15) is 11.3 Å². The summed E-state index contributed by atoms with van der Waals surface area (Å²) in [6.07, 6.45) is 11.2. The molecule has 0 spiro atoms. The fraction of sp³-hybridized carbons (Fsp3) is 0.368. The van der Waals surface area contributed by atoms with E-state index in [0.29, 0.717) is 23.8 Å². The molecule has 7 heteroatoms. The molecule has 3 fully saturated rings. The maximum atomic E-state index is 13.6. The van der Waals surface area contributed by atoms with Crippen LogP contribution >= 0.6 is 0 Å². The molecular weight excluding hydrogens is 558 g/mol. The van der Waals surface area contributed by atoms with Gasteiger partial charge in [-0.2, -0.15) is 0 Å². The molecule has 0 radical (unpaired) electrons. The van der Waals surface area contributed by atoms with E-state index in [9.17, 15) is 4.79 Å². The number of allylic oxidation sites excluding steroid dienone is 1. The van der Waals surface area contributed by atoms with E-state index >= 15 is 0 Å². The minimum atomic E-state index is 0.0448. The molecule has 3 heterocycles. The second-order valence-electron chi connectivity index (χ2n) is 13.4. The van der Waals surface area contributed by atoms with Crippen molar-refractivity contribution < 1.29 is 9.53 Å². The van der Waals surface area contributed by atoms with E-state index in [4.69, 9.17) is 15.5 Å². The second-order valence-corrected chi connectivity index (χ2v) is 13.4. The van der Waals surface area contributed by atoms with Crippen molar-refractivity contribution in [1.29, 1.82) is 0 Å². The van der Waals surface area contributed by atoms with Gasteiger partial charge in [0, 0.05) is 54.6 Å². The Bertz CT molecular complexity index is 1950. The van der Waals surface area contributed by atoms with Crippen LogP contribution in [0.15, 0.2) is 72.8 Å². The number of likely N-dealkylation sites (tertiary alicyclic amines) is 1. The van der Waals surface area contributed by atoms with Crippen LogP contribution in [-0.2, 0) is 20.0 Å². The van der Waals surface area contributed by atoms with Crippen molar-refractivity contribution in [3.63, 3.8) is 0 Å². The molecule has 1 unspecified atom stereocenters. The topological polar surface area (TPSA) is 78.3 Å². The number of benzene rings is 3. The van der Waals surface area contributed by atoms with Crippen LogP contribution in [0, 0.1) is 11.3 Å². The first-order chi connectivity index (χ1) is 22.0. The number of aryl methyl sites for hydroxylation is 2. The van der Waals surface area contributed by atoms with Crippen LogP contribution in [0.2, 0.25) is 0 Å². The van der Waals surface area contributed by atoms with Crippen molar-refractivity contribution in [1.82, 2.24) is 19.0 Å². The van der Waals surface area contributed by atoms with Gasteiger partial charge in [0.2, 0.25) is 0 Å². The molecule has 230 valence electrons. The Morgan fingerprint density at radius 2 is 1.93 bits per heavy atom. The summed E-state index contributed by atoms with van der Waals surface area (Å²) in [5.41, 5.74) is 13.4. The first-order valence-corrected chi connectivity index (χ1v) is 16.4. The number of methoxy groups -OCH3 is 1. The van der Waals surface area contributed by atoms with Crippen LogP contribution in [0.1, 0.15) is 53.6 Å². The van der Waals surface area contributed by atoms with Crippen molar-refractivity contribution >= 4 is 33.9 Å². The number of fused-ring (bicyclic) bond motifs is 3. The molecule has 1 saturated heterocycles. The Balaban J connectivity index is 1.13. The molecule has 1 amide bonds. The zero-order valence-corrected chi connectivity index (χ0v) is 26.2. The highest BCUT2D eigenvalue weighted by atomic mass is 16.5. The highest BCUT2D eigenvalue weighted by Crippen LogP contribution is 2.53. The normalized spacial score (nSPS) is 20.9. The standard InChI is InChI=1S/C38H41N5O2/c1-41-35-30(19-29(21-33(35)45-2)37(44)43-24-38(23-39)17-16-34(38)43)40-36(41)32-20-28-18-26(11-7-6-10-25-8-4-3-5-9-25)14-15-31(28)42(32)22-27-12-13-27/h3-5,7-9,11,14-15,18-21,27,34H,6,10,12-13,16-17,22-24,39H2,1-2H3/b11-7+/t34?,38-/m0/s1. The van der Waals surface area contributed by atoms with Crippen LogP contribution < -0.4 is 10.5 Å². The fourth-order valence-electron chi connectivity index (χ4n) is 7.64. The monoisotopic (exact) mass is 599 g/mol. The number of amides is 1. The molecule has 7 nitrogen and oxygen atoms in total. The zero-order valence-electron chi connectivity index (χ0n) is 26.2. The third kappa shape index (κ3) is 4.76. The fourth-order valence-corrected chi connectivity index (χ4v) is 7.64. The molecule has 5 aromatic rings. The third-order valence-corrected chi connectivity index (χ3v) is 10.6. The van der Waals surface area contributed by atoms with Crippen LogP contribution in [0.4, 0.5) is 0 Å². The van der Waals surface area contributed by atoms with Crippen molar-refractivity contribution in [3.05, 3.63) is 89.5 Å². The Hall–Kier alpha value is -4.36. The molecule has 1 aliphatic heterocycles. The summed E-state index contributed by atoms with van der Waals surface area (Å²) >= 11 is 0. The number of carbonyl (C=O) groups is 1. The van der Waals surface area contributed by atoms with Crippen LogP contribution in [0.25, 0.3) is 39.5 Å². The minimum Gasteiger partial charge on any atom is -0.494 e. The lowest BCUT2D eigenvalue weighted by molar-refractivity contribution is -0.117. The number of imidazole rings is 1. The summed E-state index contributed by atoms with van der Waals surface area (Å²) < 4.78 is 10.4.